The van der Waals surface area contributed by atoms with E-state index in [1.54, 1.807) is 38.1 Å². The van der Waals surface area contributed by atoms with Gasteiger partial charge in [-0.1, -0.05) is 26.0 Å². The fourth-order valence-electron chi connectivity index (χ4n) is 3.06. The van der Waals surface area contributed by atoms with Crippen molar-refractivity contribution >= 4 is 21.8 Å². The van der Waals surface area contributed by atoms with Gasteiger partial charge in [0, 0.05) is 6.07 Å². The number of Topliss-reactive ketones (excluding diaryl/α,β-unsaturated/α-hetero) is 1. The van der Waals surface area contributed by atoms with Crippen molar-refractivity contribution in [2.24, 2.45) is 5.92 Å². The van der Waals surface area contributed by atoms with Crippen LogP contribution in [-0.2, 0) is 19.6 Å². The number of ketones is 1. The molecule has 32 heavy (non-hydrogen) atoms. The molecule has 0 amide bonds. The standard InChI is InChI=1S/C22H25NO8S/c1-14(2)21(22(25)31-13-17(24)16-6-4-5-7-18(16)28-3)23-32(26,27)15-8-9-19-20(12-15)30-11-10-29-19/h4-9,12,14,21,23H,10-11,13H2,1-3H3. The summed E-state index contributed by atoms with van der Waals surface area (Å²) in [6.07, 6.45) is 0. The number of hydrogen-bond acceptors (Lipinski definition) is 8. The Hall–Kier alpha value is -3.11. The number of nitrogens with one attached hydrogen (secondary N) is 1. The topological polar surface area (TPSA) is 117 Å². The molecule has 1 aliphatic heterocycles. The summed E-state index contributed by atoms with van der Waals surface area (Å²) in [5.74, 6) is -0.642. The molecule has 0 spiro atoms. The molecule has 9 nitrogen and oxygen atoms in total. The van der Waals surface area contributed by atoms with Crippen LogP contribution in [0.15, 0.2) is 47.4 Å². The molecule has 1 unspecified atom stereocenters. The van der Waals surface area contributed by atoms with E-state index in [0.29, 0.717) is 30.5 Å². The zero-order valence-corrected chi connectivity index (χ0v) is 18.8. The minimum Gasteiger partial charge on any atom is -0.496 e. The van der Waals surface area contributed by atoms with Crippen LogP contribution >= 0.6 is 0 Å². The molecule has 172 valence electrons. The largest absolute Gasteiger partial charge is 0.496 e. The monoisotopic (exact) mass is 463 g/mol. The Morgan fingerprint density at radius 1 is 1.06 bits per heavy atom. The van der Waals surface area contributed by atoms with Crippen LogP contribution in [0.4, 0.5) is 0 Å². The minimum absolute atomic E-state index is 0.0784. The van der Waals surface area contributed by atoms with E-state index in [1.165, 1.54) is 25.3 Å². The Bertz CT molecular complexity index is 1100. The molecule has 0 aliphatic carbocycles. The van der Waals surface area contributed by atoms with Crippen molar-refractivity contribution < 1.29 is 37.0 Å². The van der Waals surface area contributed by atoms with Crippen LogP contribution in [0, 0.1) is 5.92 Å². The minimum atomic E-state index is -4.08. The van der Waals surface area contributed by atoms with Crippen LogP contribution in [0.25, 0.3) is 0 Å². The number of esters is 1. The molecule has 0 saturated heterocycles. The van der Waals surface area contributed by atoms with Crippen molar-refractivity contribution in [2.75, 3.05) is 26.9 Å². The summed E-state index contributed by atoms with van der Waals surface area (Å²) in [6.45, 7) is 3.48. The summed E-state index contributed by atoms with van der Waals surface area (Å²) >= 11 is 0. The normalized spacial score (nSPS) is 14.0. The van der Waals surface area contributed by atoms with E-state index >= 15 is 0 Å². The van der Waals surface area contributed by atoms with Gasteiger partial charge in [0.25, 0.3) is 0 Å². The van der Waals surface area contributed by atoms with E-state index in [0.717, 1.165) is 0 Å². The maximum absolute atomic E-state index is 12.9. The molecule has 1 aliphatic rings. The number of hydrogen-bond donors (Lipinski definition) is 1. The van der Waals surface area contributed by atoms with Crippen LogP contribution < -0.4 is 18.9 Å². The lowest BCUT2D eigenvalue weighted by molar-refractivity contribution is -0.145. The summed E-state index contributed by atoms with van der Waals surface area (Å²) in [5, 5.41) is 0. The summed E-state index contributed by atoms with van der Waals surface area (Å²) < 4.78 is 49.2. The van der Waals surface area contributed by atoms with Crippen molar-refractivity contribution in [1.82, 2.24) is 4.72 Å². The Kier molecular flexibility index (Phi) is 7.37. The molecule has 0 saturated carbocycles. The summed E-state index contributed by atoms with van der Waals surface area (Å²) in [5.41, 5.74) is 0.265. The predicted molar refractivity (Wildman–Crippen MR) is 115 cm³/mol. The first kappa shape index (κ1) is 23.6. The maximum Gasteiger partial charge on any atom is 0.324 e. The fraction of sp³-hybridized carbons (Fsp3) is 0.364. The highest BCUT2D eigenvalue weighted by molar-refractivity contribution is 7.89. The first-order chi connectivity index (χ1) is 15.2. The molecule has 3 rings (SSSR count). The van der Waals surface area contributed by atoms with E-state index in [4.69, 9.17) is 18.9 Å². The number of methoxy groups -OCH3 is 1. The third-order valence-corrected chi connectivity index (χ3v) is 6.22. The molecule has 1 heterocycles. The molecule has 0 fully saturated rings. The van der Waals surface area contributed by atoms with Gasteiger partial charge in [0.2, 0.25) is 15.8 Å². The molecule has 0 bridgehead atoms. The lowest BCUT2D eigenvalue weighted by atomic mass is 10.1. The van der Waals surface area contributed by atoms with Gasteiger partial charge >= 0.3 is 5.97 Å². The first-order valence-electron chi connectivity index (χ1n) is 9.97. The second-order valence-electron chi connectivity index (χ2n) is 7.38. The molecular weight excluding hydrogens is 438 g/mol. The number of ether oxygens (including phenoxy) is 4. The van der Waals surface area contributed by atoms with Crippen molar-refractivity contribution in [1.29, 1.82) is 0 Å². The smallest absolute Gasteiger partial charge is 0.324 e. The molecular formula is C22H25NO8S. The van der Waals surface area contributed by atoms with E-state index in [1.807, 2.05) is 0 Å². The van der Waals surface area contributed by atoms with Gasteiger partial charge in [-0.2, -0.15) is 4.72 Å². The molecule has 2 aromatic carbocycles. The van der Waals surface area contributed by atoms with E-state index in [-0.39, 0.29) is 10.5 Å². The van der Waals surface area contributed by atoms with Crippen molar-refractivity contribution in [3.63, 3.8) is 0 Å². The highest BCUT2D eigenvalue weighted by Crippen LogP contribution is 2.32. The predicted octanol–water partition coefficient (Wildman–Crippen LogP) is 2.20. The Morgan fingerprint density at radius 2 is 1.75 bits per heavy atom. The van der Waals surface area contributed by atoms with E-state index in [2.05, 4.69) is 4.72 Å². The highest BCUT2D eigenvalue weighted by atomic mass is 32.2. The quantitative estimate of drug-likeness (QED) is 0.444. The van der Waals surface area contributed by atoms with Gasteiger partial charge in [-0.05, 0) is 30.2 Å². The van der Waals surface area contributed by atoms with Crippen molar-refractivity contribution in [3.05, 3.63) is 48.0 Å². The zero-order chi connectivity index (χ0) is 23.3. The number of fused-ring (bicyclic) bond motifs is 1. The molecule has 1 atom stereocenters. The average Bonchev–Trinajstić information content (AvgIpc) is 2.80. The molecule has 2 aromatic rings. The summed E-state index contributed by atoms with van der Waals surface area (Å²) in [4.78, 5) is 25.0. The number of sulfonamides is 1. The Balaban J connectivity index is 1.70. The summed E-state index contributed by atoms with van der Waals surface area (Å²) in [7, 11) is -2.65. The van der Waals surface area contributed by atoms with E-state index < -0.39 is 40.3 Å². The van der Waals surface area contributed by atoms with Gasteiger partial charge in [0.1, 0.15) is 25.0 Å². The van der Waals surface area contributed by atoms with Crippen LogP contribution in [0.5, 0.6) is 17.2 Å². The van der Waals surface area contributed by atoms with Gasteiger partial charge in [0.05, 0.1) is 17.6 Å². The maximum atomic E-state index is 12.9. The van der Waals surface area contributed by atoms with Gasteiger partial charge < -0.3 is 18.9 Å². The number of rotatable bonds is 9. The lowest BCUT2D eigenvalue weighted by Crippen LogP contribution is -2.45. The molecule has 1 N–H and O–H groups in total. The SMILES string of the molecule is COc1ccccc1C(=O)COC(=O)C(NS(=O)(=O)c1ccc2c(c1)OCCO2)C(C)C. The average molecular weight is 464 g/mol. The van der Waals surface area contributed by atoms with Gasteiger partial charge in [0.15, 0.2) is 18.1 Å². The Labute approximate surface area is 186 Å². The van der Waals surface area contributed by atoms with Crippen LogP contribution in [0.3, 0.4) is 0 Å². The third-order valence-electron chi connectivity index (χ3n) is 4.78. The fourth-order valence-corrected chi connectivity index (χ4v) is 4.41. The van der Waals surface area contributed by atoms with Crippen LogP contribution in [0.2, 0.25) is 0 Å². The number of carbonyl (C=O) groups excluding carboxylic acids is 2. The second kappa shape index (κ2) is 10.0. The van der Waals surface area contributed by atoms with Crippen molar-refractivity contribution in [3.8, 4) is 17.2 Å². The Morgan fingerprint density at radius 3 is 2.44 bits per heavy atom. The van der Waals surface area contributed by atoms with Gasteiger partial charge in [-0.3, -0.25) is 9.59 Å². The van der Waals surface area contributed by atoms with Crippen molar-refractivity contribution in [2.45, 2.75) is 24.8 Å². The first-order valence-corrected chi connectivity index (χ1v) is 11.5. The third kappa shape index (κ3) is 5.38. The van der Waals surface area contributed by atoms with Gasteiger partial charge in [-0.25, -0.2) is 8.42 Å². The number of carbonyl (C=O) groups is 2. The molecule has 10 heteroatoms. The number of para-hydroxylation sites is 1. The summed E-state index contributed by atoms with van der Waals surface area (Å²) in [6, 6.07) is 9.55. The molecule has 0 aromatic heterocycles. The van der Waals surface area contributed by atoms with Crippen LogP contribution in [-0.4, -0.2) is 53.1 Å². The lowest BCUT2D eigenvalue weighted by Gasteiger charge is -2.22. The van der Waals surface area contributed by atoms with Gasteiger partial charge in [-0.15, -0.1) is 0 Å². The van der Waals surface area contributed by atoms with Crippen LogP contribution in [0.1, 0.15) is 24.2 Å². The van der Waals surface area contributed by atoms with E-state index in [9.17, 15) is 18.0 Å². The molecule has 0 radical (unpaired) electrons. The zero-order valence-electron chi connectivity index (χ0n) is 18.0. The highest BCUT2D eigenvalue weighted by Gasteiger charge is 2.31. The number of benzene rings is 2. The second-order valence-corrected chi connectivity index (χ2v) is 9.09.